The summed E-state index contributed by atoms with van der Waals surface area (Å²) in [5.74, 6) is 1.38. The van der Waals surface area contributed by atoms with Gasteiger partial charge in [-0.1, -0.05) is 23.7 Å². The number of halogens is 3. The molecule has 0 saturated carbocycles. The second-order valence-electron chi connectivity index (χ2n) is 4.43. The van der Waals surface area contributed by atoms with Crippen molar-refractivity contribution in [1.29, 1.82) is 0 Å². The lowest BCUT2D eigenvalue weighted by Gasteiger charge is -2.21. The number of benzene rings is 2. The molecular formula is C15H11Cl2IO2. The molecule has 0 amide bonds. The molecule has 5 heteroatoms. The minimum Gasteiger partial charge on any atom is -0.486 e. The highest BCUT2D eigenvalue weighted by Gasteiger charge is 2.20. The van der Waals surface area contributed by atoms with E-state index in [0.717, 1.165) is 14.7 Å². The van der Waals surface area contributed by atoms with Crippen molar-refractivity contribution in [3.63, 3.8) is 0 Å². The zero-order chi connectivity index (χ0) is 14.1. The van der Waals surface area contributed by atoms with Crippen LogP contribution in [0, 0.1) is 3.57 Å². The molecule has 0 fully saturated rings. The maximum absolute atomic E-state index is 6.57. The molecule has 2 nitrogen and oxygen atoms in total. The van der Waals surface area contributed by atoms with Crippen LogP contribution >= 0.6 is 45.8 Å². The Hall–Kier alpha value is -0.650. The van der Waals surface area contributed by atoms with Crippen molar-refractivity contribution >= 4 is 45.8 Å². The van der Waals surface area contributed by atoms with Crippen LogP contribution < -0.4 is 9.47 Å². The number of fused-ring (bicyclic) bond motifs is 1. The molecule has 0 bridgehead atoms. The number of ether oxygens (including phenoxy) is 2. The average Bonchev–Trinajstić information content (AvgIpc) is 2.46. The van der Waals surface area contributed by atoms with Crippen LogP contribution in [0.3, 0.4) is 0 Å². The van der Waals surface area contributed by atoms with Gasteiger partial charge in [-0.15, -0.1) is 11.6 Å². The molecule has 1 aliphatic heterocycles. The van der Waals surface area contributed by atoms with Gasteiger partial charge in [0.2, 0.25) is 0 Å². The summed E-state index contributed by atoms with van der Waals surface area (Å²) in [5.41, 5.74) is 1.84. The van der Waals surface area contributed by atoms with E-state index in [9.17, 15) is 0 Å². The topological polar surface area (TPSA) is 18.5 Å². The molecule has 1 aliphatic rings. The van der Waals surface area contributed by atoms with Gasteiger partial charge in [-0.05, 0) is 51.9 Å². The Kier molecular flexibility index (Phi) is 4.29. The van der Waals surface area contributed by atoms with Crippen molar-refractivity contribution < 1.29 is 9.47 Å². The maximum atomic E-state index is 6.57. The lowest BCUT2D eigenvalue weighted by molar-refractivity contribution is 0.171. The number of alkyl halides is 1. The van der Waals surface area contributed by atoms with E-state index in [2.05, 4.69) is 22.6 Å². The zero-order valence-electron chi connectivity index (χ0n) is 10.4. The molecule has 1 heterocycles. The first kappa shape index (κ1) is 14.3. The molecule has 1 unspecified atom stereocenters. The van der Waals surface area contributed by atoms with Crippen LogP contribution in [0.25, 0.3) is 0 Å². The Labute approximate surface area is 141 Å². The highest BCUT2D eigenvalue weighted by Crippen LogP contribution is 2.41. The fourth-order valence-electron chi connectivity index (χ4n) is 2.12. The van der Waals surface area contributed by atoms with Crippen molar-refractivity contribution in [3.8, 4) is 11.5 Å². The Balaban J connectivity index is 2.01. The van der Waals surface area contributed by atoms with Crippen molar-refractivity contribution in [2.24, 2.45) is 0 Å². The van der Waals surface area contributed by atoms with E-state index in [-0.39, 0.29) is 5.38 Å². The van der Waals surface area contributed by atoms with Crippen molar-refractivity contribution in [2.45, 2.75) is 5.38 Å². The van der Waals surface area contributed by atoms with Crippen LogP contribution in [0.1, 0.15) is 16.5 Å². The van der Waals surface area contributed by atoms with Crippen molar-refractivity contribution in [2.75, 3.05) is 13.2 Å². The standard InChI is InChI=1S/C15H11Cl2IO2/c16-12-8-14-13(19-4-5-20-14)7-11(12)15(17)9-2-1-3-10(18)6-9/h1-3,6-8,15H,4-5H2. The molecule has 2 aromatic carbocycles. The highest BCUT2D eigenvalue weighted by atomic mass is 127. The van der Waals surface area contributed by atoms with Gasteiger partial charge in [0.1, 0.15) is 13.2 Å². The van der Waals surface area contributed by atoms with Gasteiger partial charge in [0.05, 0.1) is 5.38 Å². The van der Waals surface area contributed by atoms with E-state index in [0.29, 0.717) is 29.7 Å². The van der Waals surface area contributed by atoms with E-state index in [1.807, 2.05) is 30.3 Å². The number of hydrogen-bond donors (Lipinski definition) is 0. The van der Waals surface area contributed by atoms with Gasteiger partial charge in [-0.25, -0.2) is 0 Å². The summed E-state index contributed by atoms with van der Waals surface area (Å²) >= 11 is 15.2. The van der Waals surface area contributed by atoms with Gasteiger partial charge in [-0.3, -0.25) is 0 Å². The smallest absolute Gasteiger partial charge is 0.162 e. The molecule has 20 heavy (non-hydrogen) atoms. The molecule has 2 aromatic rings. The van der Waals surface area contributed by atoms with Gasteiger partial charge in [0.15, 0.2) is 11.5 Å². The van der Waals surface area contributed by atoms with Crippen LogP contribution in [0.5, 0.6) is 11.5 Å². The summed E-state index contributed by atoms with van der Waals surface area (Å²) < 4.78 is 12.2. The molecule has 104 valence electrons. The second kappa shape index (κ2) is 6.00. The normalized spacial score (nSPS) is 14.9. The van der Waals surface area contributed by atoms with E-state index < -0.39 is 0 Å². The van der Waals surface area contributed by atoms with Crippen LogP contribution in [0.15, 0.2) is 36.4 Å². The minimum absolute atomic E-state index is 0.312. The van der Waals surface area contributed by atoms with E-state index >= 15 is 0 Å². The fraction of sp³-hybridized carbons (Fsp3) is 0.200. The largest absolute Gasteiger partial charge is 0.486 e. The monoisotopic (exact) mass is 420 g/mol. The van der Waals surface area contributed by atoms with Crippen molar-refractivity contribution in [1.82, 2.24) is 0 Å². The predicted molar refractivity (Wildman–Crippen MR) is 89.3 cm³/mol. The van der Waals surface area contributed by atoms with Gasteiger partial charge in [-0.2, -0.15) is 0 Å². The first-order chi connectivity index (χ1) is 9.65. The molecule has 0 aromatic heterocycles. The molecule has 0 aliphatic carbocycles. The Bertz CT molecular complexity index is 646. The molecule has 1 atom stereocenters. The number of hydrogen-bond acceptors (Lipinski definition) is 2. The average molecular weight is 421 g/mol. The zero-order valence-corrected chi connectivity index (χ0v) is 14.1. The number of rotatable bonds is 2. The lowest BCUT2D eigenvalue weighted by Crippen LogP contribution is -2.15. The van der Waals surface area contributed by atoms with E-state index in [4.69, 9.17) is 32.7 Å². The molecule has 0 radical (unpaired) electrons. The van der Waals surface area contributed by atoms with Gasteiger partial charge in [0, 0.05) is 14.7 Å². The molecule has 3 rings (SSSR count). The van der Waals surface area contributed by atoms with Gasteiger partial charge >= 0.3 is 0 Å². The summed E-state index contributed by atoms with van der Waals surface area (Å²) in [4.78, 5) is 0. The first-order valence-corrected chi connectivity index (χ1v) is 8.03. The first-order valence-electron chi connectivity index (χ1n) is 6.14. The van der Waals surface area contributed by atoms with Crippen LogP contribution in [-0.4, -0.2) is 13.2 Å². The van der Waals surface area contributed by atoms with Crippen LogP contribution in [0.2, 0.25) is 5.02 Å². The Morgan fingerprint density at radius 2 is 1.75 bits per heavy atom. The quantitative estimate of drug-likeness (QED) is 0.500. The van der Waals surface area contributed by atoms with Crippen LogP contribution in [0.4, 0.5) is 0 Å². The summed E-state index contributed by atoms with van der Waals surface area (Å²) in [6.45, 7) is 1.09. The summed E-state index contributed by atoms with van der Waals surface area (Å²) in [6, 6.07) is 11.7. The Morgan fingerprint density at radius 3 is 2.45 bits per heavy atom. The summed E-state index contributed by atoms with van der Waals surface area (Å²) in [7, 11) is 0. The fourth-order valence-corrected chi connectivity index (χ4v) is 3.32. The third-order valence-electron chi connectivity index (χ3n) is 3.08. The molecular weight excluding hydrogens is 410 g/mol. The summed E-state index contributed by atoms with van der Waals surface area (Å²) in [5, 5.41) is 0.279. The lowest BCUT2D eigenvalue weighted by atomic mass is 10.0. The van der Waals surface area contributed by atoms with Crippen molar-refractivity contribution in [3.05, 3.63) is 56.1 Å². The minimum atomic E-state index is -0.312. The molecule has 0 saturated heterocycles. The van der Waals surface area contributed by atoms with E-state index in [1.54, 1.807) is 6.07 Å². The van der Waals surface area contributed by atoms with Crippen LogP contribution in [-0.2, 0) is 0 Å². The second-order valence-corrected chi connectivity index (χ2v) is 6.52. The van der Waals surface area contributed by atoms with Gasteiger partial charge in [0.25, 0.3) is 0 Å². The third-order valence-corrected chi connectivity index (χ3v) is 4.56. The highest BCUT2D eigenvalue weighted by molar-refractivity contribution is 14.1. The predicted octanol–water partition coefficient (Wildman–Crippen LogP) is 5.04. The third kappa shape index (κ3) is 2.85. The SMILES string of the molecule is Clc1cc2c(cc1C(Cl)c1cccc(I)c1)OCCO2. The van der Waals surface area contributed by atoms with E-state index in [1.165, 1.54) is 0 Å². The molecule has 0 N–H and O–H groups in total. The summed E-state index contributed by atoms with van der Waals surface area (Å²) in [6.07, 6.45) is 0. The van der Waals surface area contributed by atoms with Gasteiger partial charge < -0.3 is 9.47 Å². The maximum Gasteiger partial charge on any atom is 0.162 e. The Morgan fingerprint density at radius 1 is 1.05 bits per heavy atom. The molecule has 0 spiro atoms.